The van der Waals surface area contributed by atoms with Gasteiger partial charge in [-0.05, 0) is 24.3 Å². The number of anilines is 1. The number of aromatic hydroxyl groups is 1. The second kappa shape index (κ2) is 8.57. The predicted molar refractivity (Wildman–Crippen MR) is 127 cm³/mol. The number of fused-ring (bicyclic) bond motifs is 2. The van der Waals surface area contributed by atoms with Gasteiger partial charge in [0, 0.05) is 47.4 Å². The smallest absolute Gasteiger partial charge is 0.175 e. The number of morpholine rings is 1. The van der Waals surface area contributed by atoms with Crippen molar-refractivity contribution in [3.8, 4) is 17.0 Å². The number of hydrogen-bond acceptors (Lipinski definition) is 9. The van der Waals surface area contributed by atoms with Crippen LogP contribution in [0.3, 0.4) is 0 Å². The van der Waals surface area contributed by atoms with Crippen molar-refractivity contribution >= 4 is 27.7 Å². The molecule has 0 spiro atoms. The molecule has 1 saturated heterocycles. The average molecular weight is 472 g/mol. The van der Waals surface area contributed by atoms with Gasteiger partial charge in [-0.25, -0.2) is 24.3 Å². The number of nitrogens with two attached hydrogens (primary N) is 1. The zero-order valence-electron chi connectivity index (χ0n) is 18.6. The molecule has 6 rings (SSSR count). The average Bonchev–Trinajstić information content (AvgIpc) is 3.38. The minimum Gasteiger partial charge on any atom is -0.507 e. The number of hydrogen-bond donors (Lipinski definition) is 2. The molecule has 1 fully saturated rings. The first-order valence-corrected chi connectivity index (χ1v) is 11.1. The zero-order chi connectivity index (χ0) is 23.9. The predicted octanol–water partition coefficient (Wildman–Crippen LogP) is 3.56. The molecule has 1 aliphatic heterocycles. The van der Waals surface area contributed by atoms with Gasteiger partial charge < -0.3 is 24.9 Å². The van der Waals surface area contributed by atoms with E-state index in [1.807, 2.05) is 18.2 Å². The summed E-state index contributed by atoms with van der Waals surface area (Å²) < 4.78 is 26.1. The Kier molecular flexibility index (Phi) is 5.24. The summed E-state index contributed by atoms with van der Waals surface area (Å²) in [5.41, 5.74) is 10.4. The molecule has 0 saturated carbocycles. The van der Waals surface area contributed by atoms with Crippen LogP contribution in [0.25, 0.3) is 33.3 Å². The Balaban J connectivity index is 1.45. The molecule has 10 heteroatoms. The fourth-order valence-electron chi connectivity index (χ4n) is 4.46. The van der Waals surface area contributed by atoms with E-state index in [-0.39, 0.29) is 16.9 Å². The molecule has 9 nitrogen and oxygen atoms in total. The van der Waals surface area contributed by atoms with Crippen molar-refractivity contribution in [1.29, 1.82) is 0 Å². The second-order valence-electron chi connectivity index (χ2n) is 8.29. The molecule has 1 atom stereocenters. The van der Waals surface area contributed by atoms with E-state index < -0.39 is 11.9 Å². The van der Waals surface area contributed by atoms with Gasteiger partial charge in [-0.1, -0.05) is 0 Å². The second-order valence-corrected chi connectivity index (χ2v) is 8.29. The van der Waals surface area contributed by atoms with Gasteiger partial charge in [0.25, 0.3) is 0 Å². The summed E-state index contributed by atoms with van der Waals surface area (Å²) >= 11 is 0. The topological polar surface area (TPSA) is 123 Å². The Bertz CT molecular complexity index is 1550. The molecule has 1 unspecified atom stereocenters. The van der Waals surface area contributed by atoms with Crippen molar-refractivity contribution < 1.29 is 18.7 Å². The van der Waals surface area contributed by atoms with Gasteiger partial charge in [-0.2, -0.15) is 0 Å². The highest BCUT2D eigenvalue weighted by molar-refractivity contribution is 5.94. The lowest BCUT2D eigenvalue weighted by Gasteiger charge is -2.29. The van der Waals surface area contributed by atoms with E-state index in [1.54, 1.807) is 6.07 Å². The molecule has 4 heterocycles. The molecule has 1 aliphatic rings. The molecule has 35 heavy (non-hydrogen) atoms. The van der Waals surface area contributed by atoms with Crippen LogP contribution in [0.1, 0.15) is 17.3 Å². The van der Waals surface area contributed by atoms with Crippen LogP contribution >= 0.6 is 0 Å². The molecular formula is C25H21FN6O3. The van der Waals surface area contributed by atoms with E-state index in [0.717, 1.165) is 24.8 Å². The zero-order valence-corrected chi connectivity index (χ0v) is 18.6. The van der Waals surface area contributed by atoms with Crippen molar-refractivity contribution in [3.05, 3.63) is 72.4 Å². The third-order valence-electron chi connectivity index (χ3n) is 6.27. The minimum atomic E-state index is -0.882. The number of phenols is 1. The van der Waals surface area contributed by atoms with Crippen molar-refractivity contribution in [2.24, 2.45) is 5.73 Å². The first-order valence-electron chi connectivity index (χ1n) is 11.1. The van der Waals surface area contributed by atoms with Crippen molar-refractivity contribution in [3.63, 3.8) is 0 Å². The Morgan fingerprint density at radius 3 is 2.63 bits per heavy atom. The van der Waals surface area contributed by atoms with Crippen LogP contribution < -0.4 is 10.6 Å². The summed E-state index contributed by atoms with van der Waals surface area (Å²) in [5, 5.41) is 11.3. The number of ether oxygens (including phenoxy) is 1. The van der Waals surface area contributed by atoms with Crippen molar-refractivity contribution in [1.82, 2.24) is 19.9 Å². The van der Waals surface area contributed by atoms with Gasteiger partial charge in [-0.3, -0.25) is 0 Å². The van der Waals surface area contributed by atoms with E-state index in [9.17, 15) is 5.11 Å². The first kappa shape index (κ1) is 21.4. The molecule has 0 radical (unpaired) electrons. The summed E-state index contributed by atoms with van der Waals surface area (Å²) in [6, 6.07) is 9.18. The van der Waals surface area contributed by atoms with Crippen LogP contribution in [0.15, 0.2) is 59.7 Å². The Labute approximate surface area is 199 Å². The standard InChI is InChI=1S/C25H21FN6O3/c26-18-11-21(33)17(22(27)24-25-19(3-6-35-25)28-12-31-24)10-16(18)23-15-2-1-14(9-20(15)29-13-30-23)32-4-7-34-8-5-32/h1-3,6,9-13,22,33H,4-5,7-8,27H2. The summed E-state index contributed by atoms with van der Waals surface area (Å²) in [6.45, 7) is 2.93. The van der Waals surface area contributed by atoms with E-state index in [0.29, 0.717) is 46.6 Å². The Morgan fingerprint density at radius 2 is 1.77 bits per heavy atom. The van der Waals surface area contributed by atoms with Gasteiger partial charge in [0.2, 0.25) is 0 Å². The normalized spacial score (nSPS) is 15.1. The highest BCUT2D eigenvalue weighted by Crippen LogP contribution is 2.37. The molecular weight excluding hydrogens is 451 g/mol. The fraction of sp³-hybridized carbons (Fsp3) is 0.200. The minimum absolute atomic E-state index is 0.199. The van der Waals surface area contributed by atoms with Crippen LogP contribution in [0.2, 0.25) is 0 Å². The van der Waals surface area contributed by atoms with Gasteiger partial charge in [0.15, 0.2) is 5.58 Å². The van der Waals surface area contributed by atoms with Crippen molar-refractivity contribution in [2.75, 3.05) is 31.2 Å². The fourth-order valence-corrected chi connectivity index (χ4v) is 4.46. The van der Waals surface area contributed by atoms with E-state index >= 15 is 4.39 Å². The van der Waals surface area contributed by atoms with Gasteiger partial charge in [-0.15, -0.1) is 0 Å². The highest BCUT2D eigenvalue weighted by atomic mass is 19.1. The van der Waals surface area contributed by atoms with Crippen LogP contribution in [0.5, 0.6) is 5.75 Å². The van der Waals surface area contributed by atoms with Gasteiger partial charge in [0.05, 0.1) is 36.7 Å². The summed E-state index contributed by atoms with van der Waals surface area (Å²) in [6.07, 6.45) is 4.27. The third kappa shape index (κ3) is 3.72. The van der Waals surface area contributed by atoms with Crippen LogP contribution in [-0.4, -0.2) is 51.3 Å². The summed E-state index contributed by atoms with van der Waals surface area (Å²) in [7, 11) is 0. The third-order valence-corrected chi connectivity index (χ3v) is 6.27. The molecule has 0 aliphatic carbocycles. The number of halogens is 1. The van der Waals surface area contributed by atoms with Gasteiger partial charge in [0.1, 0.15) is 35.4 Å². The summed E-state index contributed by atoms with van der Waals surface area (Å²) in [5.74, 6) is -0.911. The Hall–Kier alpha value is -4.15. The molecule has 0 bridgehead atoms. The molecule has 2 aromatic carbocycles. The van der Waals surface area contributed by atoms with Gasteiger partial charge >= 0.3 is 0 Å². The highest BCUT2D eigenvalue weighted by Gasteiger charge is 2.23. The number of benzene rings is 2. The molecule has 176 valence electrons. The van der Waals surface area contributed by atoms with E-state index in [2.05, 4.69) is 24.8 Å². The number of phenolic OH excluding ortho intramolecular Hbond substituents is 1. The van der Waals surface area contributed by atoms with Crippen LogP contribution in [0, 0.1) is 5.82 Å². The lowest BCUT2D eigenvalue weighted by atomic mass is 9.97. The maximum absolute atomic E-state index is 15.2. The maximum Gasteiger partial charge on any atom is 0.175 e. The number of aromatic nitrogens is 4. The van der Waals surface area contributed by atoms with Crippen LogP contribution in [-0.2, 0) is 4.74 Å². The maximum atomic E-state index is 15.2. The van der Waals surface area contributed by atoms with E-state index in [4.69, 9.17) is 14.9 Å². The number of furan rings is 1. The number of rotatable bonds is 4. The lowest BCUT2D eigenvalue weighted by Crippen LogP contribution is -2.36. The quantitative estimate of drug-likeness (QED) is 0.404. The molecule has 0 amide bonds. The van der Waals surface area contributed by atoms with Crippen LogP contribution in [0.4, 0.5) is 10.1 Å². The largest absolute Gasteiger partial charge is 0.507 e. The lowest BCUT2D eigenvalue weighted by molar-refractivity contribution is 0.122. The SMILES string of the molecule is NC(c1cc(-c2ncnc3cc(N4CCOCC4)ccc23)c(F)cc1O)c1ncnc2ccoc12. The molecule has 3 N–H and O–H groups in total. The monoisotopic (exact) mass is 472 g/mol. The molecule has 5 aromatic rings. The molecule has 3 aromatic heterocycles. The van der Waals surface area contributed by atoms with E-state index in [1.165, 1.54) is 25.0 Å². The first-order chi connectivity index (χ1) is 17.1. The Morgan fingerprint density at radius 1 is 0.971 bits per heavy atom. The number of nitrogens with zero attached hydrogens (tertiary/aromatic N) is 5. The van der Waals surface area contributed by atoms with Crippen molar-refractivity contribution in [2.45, 2.75) is 6.04 Å². The summed E-state index contributed by atoms with van der Waals surface area (Å²) in [4.78, 5) is 19.4.